The molecule has 0 saturated carbocycles. The Balaban J connectivity index is 1.43. The molecule has 3 aromatic carbocycles. The molecule has 4 rings (SSSR count). The van der Waals surface area contributed by atoms with Crippen molar-refractivity contribution < 1.29 is 28.3 Å². The molecule has 13 heteroatoms. The van der Waals surface area contributed by atoms with E-state index >= 15 is 0 Å². The highest BCUT2D eigenvalue weighted by Crippen LogP contribution is 2.36. The third-order valence-corrected chi connectivity index (χ3v) is 6.97. The lowest BCUT2D eigenvalue weighted by Gasteiger charge is -2.26. The van der Waals surface area contributed by atoms with Gasteiger partial charge in [-0.05, 0) is 79.7 Å². The van der Waals surface area contributed by atoms with Crippen LogP contribution < -0.4 is 32.2 Å². The number of nitrogens with zero attached hydrogens (tertiary/aromatic N) is 2. The Labute approximate surface area is 237 Å². The first kappa shape index (κ1) is 28.7. The number of nitrogen functional groups attached to an aromatic ring is 1. The lowest BCUT2D eigenvalue weighted by Crippen LogP contribution is -2.39. The average molecular weight is 577 g/mol. The number of thiazole rings is 1. The fraction of sp³-hybridized carbons (Fsp3) is 0.107. The van der Waals surface area contributed by atoms with Gasteiger partial charge in [-0.3, -0.25) is 19.2 Å². The smallest absolute Gasteiger partial charge is 0.262 e. The molecule has 0 aliphatic rings. The molecule has 41 heavy (non-hydrogen) atoms. The van der Waals surface area contributed by atoms with Gasteiger partial charge in [0.25, 0.3) is 5.91 Å². The molecule has 3 amide bonds. The molecule has 0 aliphatic heterocycles. The molecule has 11 nitrogen and oxygen atoms in total. The van der Waals surface area contributed by atoms with E-state index < -0.39 is 35.4 Å². The second-order valence-corrected chi connectivity index (χ2v) is 9.75. The zero-order valence-corrected chi connectivity index (χ0v) is 22.5. The second kappa shape index (κ2) is 12.3. The number of nitrogens with two attached hydrogens (primary N) is 3. The van der Waals surface area contributed by atoms with Gasteiger partial charge in [-0.2, -0.15) is 0 Å². The maximum Gasteiger partial charge on any atom is 0.262 e. The molecule has 7 N–H and O–H groups in total. The van der Waals surface area contributed by atoms with Crippen molar-refractivity contribution >= 4 is 57.2 Å². The quantitative estimate of drug-likeness (QED) is 0.196. The molecule has 1 unspecified atom stereocenters. The van der Waals surface area contributed by atoms with E-state index in [1.165, 1.54) is 65.6 Å². The van der Waals surface area contributed by atoms with Crippen molar-refractivity contribution in [2.24, 2.45) is 11.5 Å². The van der Waals surface area contributed by atoms with Crippen molar-refractivity contribution in [3.63, 3.8) is 0 Å². The minimum Gasteiger partial charge on any atom is -0.484 e. The lowest BCUT2D eigenvalue weighted by molar-refractivity contribution is -0.119. The van der Waals surface area contributed by atoms with E-state index in [2.05, 4.69) is 10.3 Å². The molecule has 0 spiro atoms. The number of rotatable bonds is 11. The van der Waals surface area contributed by atoms with Gasteiger partial charge in [-0.1, -0.05) is 11.3 Å². The highest BCUT2D eigenvalue weighted by Gasteiger charge is 2.27. The van der Waals surface area contributed by atoms with Crippen molar-refractivity contribution in [2.75, 3.05) is 22.6 Å². The monoisotopic (exact) mass is 576 g/mol. The molecular formula is C28H25FN6O5S. The van der Waals surface area contributed by atoms with Gasteiger partial charge in [-0.15, -0.1) is 0 Å². The number of halogens is 1. The molecule has 0 aliphatic carbocycles. The van der Waals surface area contributed by atoms with E-state index in [0.29, 0.717) is 22.7 Å². The lowest BCUT2D eigenvalue weighted by atomic mass is 10.1. The summed E-state index contributed by atoms with van der Waals surface area (Å²) >= 11 is 0.966. The minimum atomic E-state index is -0.864. The van der Waals surface area contributed by atoms with E-state index in [1.54, 1.807) is 19.1 Å². The molecule has 1 aromatic heterocycles. The molecule has 0 fully saturated rings. The Morgan fingerprint density at radius 3 is 2.15 bits per heavy atom. The van der Waals surface area contributed by atoms with Gasteiger partial charge in [-0.25, -0.2) is 9.37 Å². The maximum absolute atomic E-state index is 13.5. The van der Waals surface area contributed by atoms with Crippen LogP contribution in [0.2, 0.25) is 0 Å². The Morgan fingerprint density at radius 1 is 0.951 bits per heavy atom. The third-order valence-electron chi connectivity index (χ3n) is 5.90. The zero-order chi connectivity index (χ0) is 29.7. The van der Waals surface area contributed by atoms with Gasteiger partial charge in [0, 0.05) is 22.5 Å². The van der Waals surface area contributed by atoms with Crippen molar-refractivity contribution in [1.82, 2.24) is 4.98 Å². The van der Waals surface area contributed by atoms with Gasteiger partial charge in [0.15, 0.2) is 11.7 Å². The van der Waals surface area contributed by atoms with Crippen LogP contribution >= 0.6 is 11.3 Å². The van der Waals surface area contributed by atoms with E-state index in [9.17, 15) is 23.6 Å². The summed E-state index contributed by atoms with van der Waals surface area (Å²) in [5, 5.41) is 2.87. The van der Waals surface area contributed by atoms with Crippen LogP contribution in [-0.4, -0.2) is 41.1 Å². The number of benzene rings is 3. The average Bonchev–Trinajstić information content (AvgIpc) is 3.33. The van der Waals surface area contributed by atoms with Gasteiger partial charge in [0.1, 0.15) is 28.3 Å². The number of primary amides is 2. The summed E-state index contributed by atoms with van der Waals surface area (Å²) in [6, 6.07) is 16.7. The number of hydrogen-bond acceptors (Lipinski definition) is 9. The van der Waals surface area contributed by atoms with Crippen LogP contribution in [0.1, 0.15) is 32.5 Å². The standard InChI is InChI=1S/C28H25FN6O5S/c1-15(26(31)38)35(20-10-6-18(29)7-11-20)28-34-25(30)24(41-28)23(37)16-4-12-21(13-5-16)40-14-22(36)33-19-8-2-17(3-9-19)27(32)39/h2-13,15H,14,30H2,1H3,(H2,31,38)(H2,32,39)(H,33,36). The molecule has 0 bridgehead atoms. The number of amides is 3. The minimum absolute atomic E-state index is 0.0420. The van der Waals surface area contributed by atoms with Crippen molar-refractivity contribution in [2.45, 2.75) is 13.0 Å². The van der Waals surface area contributed by atoms with E-state index in [-0.39, 0.29) is 28.0 Å². The van der Waals surface area contributed by atoms with Crippen LogP contribution in [0.15, 0.2) is 72.8 Å². The molecule has 4 aromatic rings. The second-order valence-electron chi connectivity index (χ2n) is 8.77. The number of hydrogen-bond donors (Lipinski definition) is 4. The fourth-order valence-electron chi connectivity index (χ4n) is 3.71. The zero-order valence-electron chi connectivity index (χ0n) is 21.7. The summed E-state index contributed by atoms with van der Waals surface area (Å²) in [4.78, 5) is 54.5. The number of carbonyl (C=O) groups is 4. The van der Waals surface area contributed by atoms with Crippen molar-refractivity contribution in [1.29, 1.82) is 0 Å². The SMILES string of the molecule is CC(C(N)=O)N(c1ccc(F)cc1)c1nc(N)c(C(=O)c2ccc(OCC(=O)Nc3ccc(C(N)=O)cc3)cc2)s1. The first-order chi connectivity index (χ1) is 19.5. The predicted molar refractivity (Wildman–Crippen MR) is 153 cm³/mol. The Kier molecular flexibility index (Phi) is 8.58. The summed E-state index contributed by atoms with van der Waals surface area (Å²) in [7, 11) is 0. The molecule has 1 atom stereocenters. The summed E-state index contributed by atoms with van der Waals surface area (Å²) in [6.07, 6.45) is 0. The van der Waals surface area contributed by atoms with Crippen LogP contribution in [0, 0.1) is 5.82 Å². The normalized spacial score (nSPS) is 11.4. The van der Waals surface area contributed by atoms with Crippen LogP contribution in [0.4, 0.5) is 26.7 Å². The summed E-state index contributed by atoms with van der Waals surface area (Å²) in [6.45, 7) is 1.26. The maximum atomic E-state index is 13.5. The number of aromatic nitrogens is 1. The molecule has 1 heterocycles. The number of carbonyl (C=O) groups excluding carboxylic acids is 4. The third kappa shape index (κ3) is 6.83. The van der Waals surface area contributed by atoms with Crippen LogP contribution in [-0.2, 0) is 9.59 Å². The van der Waals surface area contributed by atoms with E-state index in [1.807, 2.05) is 0 Å². The highest BCUT2D eigenvalue weighted by molar-refractivity contribution is 7.18. The van der Waals surface area contributed by atoms with Gasteiger partial charge in [0.2, 0.25) is 17.6 Å². The van der Waals surface area contributed by atoms with Crippen molar-refractivity contribution in [3.05, 3.63) is 94.6 Å². The van der Waals surface area contributed by atoms with E-state index in [0.717, 1.165) is 11.3 Å². The molecule has 210 valence electrons. The molecule has 0 radical (unpaired) electrons. The Hall–Kier alpha value is -5.30. The number of ether oxygens (including phenoxy) is 1. The van der Waals surface area contributed by atoms with E-state index in [4.69, 9.17) is 21.9 Å². The molecular weight excluding hydrogens is 551 g/mol. The Bertz CT molecular complexity index is 1590. The van der Waals surface area contributed by atoms with Crippen LogP contribution in [0.25, 0.3) is 0 Å². The summed E-state index contributed by atoms with van der Waals surface area (Å²) < 4.78 is 19.0. The van der Waals surface area contributed by atoms with Gasteiger partial charge in [0.05, 0.1) is 0 Å². The van der Waals surface area contributed by atoms with Gasteiger partial charge >= 0.3 is 0 Å². The first-order valence-electron chi connectivity index (χ1n) is 12.1. The van der Waals surface area contributed by atoms with Gasteiger partial charge < -0.3 is 32.2 Å². The largest absolute Gasteiger partial charge is 0.484 e. The number of ketones is 1. The molecule has 0 saturated heterocycles. The highest BCUT2D eigenvalue weighted by atomic mass is 32.1. The summed E-state index contributed by atoms with van der Waals surface area (Å²) in [5.74, 6) is -2.23. The van der Waals surface area contributed by atoms with Crippen LogP contribution in [0.3, 0.4) is 0 Å². The topological polar surface area (TPSA) is 184 Å². The summed E-state index contributed by atoms with van der Waals surface area (Å²) in [5.41, 5.74) is 18.3. The number of nitrogens with one attached hydrogen (secondary N) is 1. The Morgan fingerprint density at radius 2 is 1.56 bits per heavy atom. The predicted octanol–water partition coefficient (Wildman–Crippen LogP) is 3.22. The number of anilines is 4. The van der Waals surface area contributed by atoms with Crippen LogP contribution in [0.5, 0.6) is 5.75 Å². The fourth-order valence-corrected chi connectivity index (χ4v) is 4.76. The van der Waals surface area contributed by atoms with Crippen molar-refractivity contribution in [3.8, 4) is 5.75 Å². The first-order valence-corrected chi connectivity index (χ1v) is 12.9.